The van der Waals surface area contributed by atoms with E-state index >= 15 is 0 Å². The van der Waals surface area contributed by atoms with Crippen LogP contribution in [0.5, 0.6) is 5.75 Å². The first kappa shape index (κ1) is 33.2. The van der Waals surface area contributed by atoms with Crippen molar-refractivity contribution < 1.29 is 36.1 Å². The van der Waals surface area contributed by atoms with E-state index in [-0.39, 0.29) is 23.4 Å². The fourth-order valence-corrected chi connectivity index (χ4v) is 3.07. The van der Waals surface area contributed by atoms with Crippen molar-refractivity contribution in [1.29, 1.82) is 0 Å². The minimum atomic E-state index is -0.0126. The Morgan fingerprint density at radius 2 is 1.23 bits per heavy atom. The maximum Gasteiger partial charge on any atom is 0 e. The van der Waals surface area contributed by atoms with Gasteiger partial charge in [0, 0.05) is 40.6 Å². The van der Waals surface area contributed by atoms with Gasteiger partial charge in [-0.1, -0.05) is 48.2 Å². The van der Waals surface area contributed by atoms with Crippen molar-refractivity contribution >= 4 is 0 Å². The van der Waals surface area contributed by atoms with E-state index in [4.69, 9.17) is 18.7 Å². The summed E-state index contributed by atoms with van der Waals surface area (Å²) in [4.78, 5) is 2.42. The summed E-state index contributed by atoms with van der Waals surface area (Å²) in [5.41, 5.74) is 2.15. The van der Waals surface area contributed by atoms with E-state index < -0.39 is 0 Å². The third kappa shape index (κ3) is 11.5. The van der Waals surface area contributed by atoms with Crippen LogP contribution in [-0.2, 0) is 31.3 Å². The normalized spacial score (nSPS) is 9.61. The van der Waals surface area contributed by atoms with Gasteiger partial charge in [-0.05, 0) is 45.9 Å². The van der Waals surface area contributed by atoms with Gasteiger partial charge in [0.05, 0.1) is 7.11 Å². The number of methoxy groups -OCH3 is 1. The average Bonchev–Trinajstić information content (AvgIpc) is 2.80. The third-order valence-electron chi connectivity index (χ3n) is 4.05. The van der Waals surface area contributed by atoms with Crippen molar-refractivity contribution in [1.82, 2.24) is 4.90 Å². The van der Waals surface area contributed by atoms with E-state index in [2.05, 4.69) is 70.5 Å². The second-order valence-corrected chi connectivity index (χ2v) is 6.41. The zero-order valence-electron chi connectivity index (χ0n) is 18.4. The molecule has 31 heavy (non-hydrogen) atoms. The molecule has 6 heteroatoms. The SMILES string of the molecule is COc1ccccc1[C@H](C#Cc1ccccc1)N(C(C)C)C(C)C.[C-]#[O+].[C-]#[O+].[C-]#[O+].[Cr]. The zero-order chi connectivity index (χ0) is 23.5. The standard InChI is InChI=1S/C22H27NO.3CO.Cr/c1-17(2)23(18(3)4)21(16-15-19-11-7-6-8-12-19)20-13-9-10-14-22(20)24-5;3*1-2;/h6-14,17-18,21H,1-5H3;;;;/t21-;;;;/m0..../s1. The number of rotatable bonds is 5. The summed E-state index contributed by atoms with van der Waals surface area (Å²) < 4.78 is 28.1. The molecule has 0 bridgehead atoms. The van der Waals surface area contributed by atoms with Gasteiger partial charge in [0.15, 0.2) is 0 Å². The Labute approximate surface area is 197 Å². The molecule has 0 amide bonds. The van der Waals surface area contributed by atoms with Crippen molar-refractivity contribution in [2.75, 3.05) is 7.11 Å². The first-order chi connectivity index (χ1) is 14.5. The van der Waals surface area contributed by atoms with Gasteiger partial charge in [0.2, 0.25) is 0 Å². The van der Waals surface area contributed by atoms with Crippen LogP contribution < -0.4 is 4.74 Å². The van der Waals surface area contributed by atoms with Crippen LogP contribution in [0.25, 0.3) is 0 Å². The molecule has 0 saturated heterocycles. The first-order valence-electron chi connectivity index (χ1n) is 9.12. The van der Waals surface area contributed by atoms with Crippen LogP contribution >= 0.6 is 0 Å². The summed E-state index contributed by atoms with van der Waals surface area (Å²) in [6, 6.07) is 19.0. The second kappa shape index (κ2) is 20.8. The van der Waals surface area contributed by atoms with Crippen molar-refractivity contribution in [3.63, 3.8) is 0 Å². The number of ether oxygens (including phenoxy) is 1. The molecule has 0 heterocycles. The summed E-state index contributed by atoms with van der Waals surface area (Å²) in [6.45, 7) is 22.4. The third-order valence-corrected chi connectivity index (χ3v) is 4.05. The zero-order valence-corrected chi connectivity index (χ0v) is 19.7. The molecule has 2 aromatic rings. The molecule has 5 nitrogen and oxygen atoms in total. The smallest absolute Gasteiger partial charge is 0 e. The number of hydrogen-bond acceptors (Lipinski definition) is 2. The van der Waals surface area contributed by atoms with E-state index in [1.165, 1.54) is 0 Å². The van der Waals surface area contributed by atoms with Gasteiger partial charge in [-0.15, -0.1) is 0 Å². The molecule has 2 aromatic carbocycles. The predicted octanol–water partition coefficient (Wildman–Crippen LogP) is 4.79. The van der Waals surface area contributed by atoms with Crippen LogP contribution in [0.4, 0.5) is 0 Å². The first-order valence-corrected chi connectivity index (χ1v) is 9.12. The van der Waals surface area contributed by atoms with Gasteiger partial charge in [0.1, 0.15) is 11.8 Å². The Bertz CT molecular complexity index is 811. The quantitative estimate of drug-likeness (QED) is 0.368. The van der Waals surface area contributed by atoms with Gasteiger partial charge in [0.25, 0.3) is 0 Å². The minimum absolute atomic E-state index is 0. The van der Waals surface area contributed by atoms with Crippen LogP contribution in [0.2, 0.25) is 0 Å². The number of benzene rings is 2. The van der Waals surface area contributed by atoms with Gasteiger partial charge >= 0.3 is 33.9 Å². The molecule has 0 radical (unpaired) electrons. The number of para-hydroxylation sites is 1. The predicted molar refractivity (Wildman–Crippen MR) is 113 cm³/mol. The van der Waals surface area contributed by atoms with E-state index in [9.17, 15) is 0 Å². The molecule has 1 atom stereocenters. The largest absolute Gasteiger partial charge is 0 e. The maximum atomic E-state index is 7.50. The molecule has 0 fully saturated rings. The van der Waals surface area contributed by atoms with E-state index in [0.717, 1.165) is 16.9 Å². The van der Waals surface area contributed by atoms with Crippen LogP contribution in [0, 0.1) is 31.8 Å². The van der Waals surface area contributed by atoms with Crippen molar-refractivity contribution in [2.45, 2.75) is 45.8 Å². The molecule has 0 spiro atoms. The van der Waals surface area contributed by atoms with E-state index in [1.54, 1.807) is 7.11 Å². The average molecular weight is 457 g/mol. The second-order valence-electron chi connectivity index (χ2n) is 6.41. The minimum Gasteiger partial charge on any atom is 0 e. The Morgan fingerprint density at radius 3 is 1.68 bits per heavy atom. The van der Waals surface area contributed by atoms with Crippen molar-refractivity contribution in [3.8, 4) is 17.6 Å². The molecule has 0 aromatic heterocycles. The Hall–Kier alpha value is -2.49. The summed E-state index contributed by atoms with van der Waals surface area (Å²) in [7, 11) is 1.72. The molecule has 2 rings (SSSR count). The molecular weight excluding hydrogens is 430 g/mol. The Balaban J connectivity index is -0.00000103. The topological polar surface area (TPSA) is 72.2 Å². The summed E-state index contributed by atoms with van der Waals surface area (Å²) in [5.74, 6) is 7.71. The fourth-order valence-electron chi connectivity index (χ4n) is 3.07. The number of nitrogens with zero attached hydrogens (tertiary/aromatic N) is 1. The van der Waals surface area contributed by atoms with Crippen LogP contribution in [-0.4, -0.2) is 24.1 Å². The summed E-state index contributed by atoms with van der Waals surface area (Å²) in [5, 5.41) is 0. The van der Waals surface area contributed by atoms with Gasteiger partial charge in [-0.25, -0.2) is 0 Å². The fraction of sp³-hybridized carbons (Fsp3) is 0.320. The molecular formula is C25H27CrNO4. The molecule has 0 aliphatic heterocycles. The Kier molecular flexibility index (Phi) is 22.2. The molecule has 0 unspecified atom stereocenters. The van der Waals surface area contributed by atoms with Crippen molar-refractivity contribution in [2.24, 2.45) is 0 Å². The molecule has 162 valence electrons. The Morgan fingerprint density at radius 1 is 0.774 bits per heavy atom. The summed E-state index contributed by atoms with van der Waals surface area (Å²) in [6.07, 6.45) is 0. The maximum absolute atomic E-state index is 7.50. The van der Waals surface area contributed by atoms with E-state index in [1.807, 2.05) is 48.5 Å². The van der Waals surface area contributed by atoms with Gasteiger partial charge in [-0.2, -0.15) is 0 Å². The van der Waals surface area contributed by atoms with Gasteiger partial charge < -0.3 is 4.74 Å². The van der Waals surface area contributed by atoms with Crippen molar-refractivity contribution in [3.05, 3.63) is 85.7 Å². The monoisotopic (exact) mass is 457 g/mol. The van der Waals surface area contributed by atoms with Crippen LogP contribution in [0.3, 0.4) is 0 Å². The molecule has 0 N–H and O–H groups in total. The van der Waals surface area contributed by atoms with Gasteiger partial charge in [-0.3, -0.25) is 4.90 Å². The molecule has 0 aliphatic rings. The van der Waals surface area contributed by atoms with Crippen LogP contribution in [0.1, 0.15) is 44.9 Å². The summed E-state index contributed by atoms with van der Waals surface area (Å²) >= 11 is 0. The van der Waals surface area contributed by atoms with Crippen LogP contribution in [0.15, 0.2) is 54.6 Å². The number of hydrogen-bond donors (Lipinski definition) is 0. The molecule has 0 saturated carbocycles. The van der Waals surface area contributed by atoms with E-state index in [0.29, 0.717) is 12.1 Å². The molecule has 0 aliphatic carbocycles.